The summed E-state index contributed by atoms with van der Waals surface area (Å²) in [5.74, 6) is 0.675. The Balaban J connectivity index is 2.29. The molecule has 0 aromatic carbocycles. The highest BCUT2D eigenvalue weighted by atomic mass is 16.1. The van der Waals surface area contributed by atoms with Gasteiger partial charge in [-0.3, -0.25) is 4.79 Å². The summed E-state index contributed by atoms with van der Waals surface area (Å²) in [5, 5.41) is 3.18. The number of nitrogens with one attached hydrogen (secondary N) is 1. The van der Waals surface area contributed by atoms with Gasteiger partial charge in [0.05, 0.1) is 0 Å². The van der Waals surface area contributed by atoms with Crippen molar-refractivity contribution in [3.05, 3.63) is 0 Å². The zero-order valence-electron chi connectivity index (χ0n) is 13.0. The number of carbonyl (C=O) groups excluding carboxylic acids is 1. The van der Waals surface area contributed by atoms with E-state index in [0.717, 1.165) is 25.7 Å². The minimum absolute atomic E-state index is 0.127. The Kier molecular flexibility index (Phi) is 7.44. The quantitative estimate of drug-likeness (QED) is 0.697. The number of hydrogen-bond donors (Lipinski definition) is 2. The minimum Gasteiger partial charge on any atom is -0.353 e. The third-order valence-electron chi connectivity index (χ3n) is 4.58. The fourth-order valence-electron chi connectivity index (χ4n) is 3.07. The second-order valence-corrected chi connectivity index (χ2v) is 6.32. The van der Waals surface area contributed by atoms with Crippen molar-refractivity contribution in [2.75, 3.05) is 0 Å². The lowest BCUT2D eigenvalue weighted by molar-refractivity contribution is -0.128. The molecule has 3 N–H and O–H groups in total. The summed E-state index contributed by atoms with van der Waals surface area (Å²) in [5.41, 5.74) is 6.07. The maximum absolute atomic E-state index is 12.3. The Labute approximate surface area is 118 Å². The topological polar surface area (TPSA) is 55.1 Å². The van der Waals surface area contributed by atoms with E-state index in [1.807, 2.05) is 0 Å². The Bertz CT molecular complexity index is 267. The van der Waals surface area contributed by atoms with Crippen LogP contribution in [0.5, 0.6) is 0 Å². The normalized spacial score (nSPS) is 28.9. The molecule has 19 heavy (non-hydrogen) atoms. The lowest BCUT2D eigenvalue weighted by Gasteiger charge is -2.33. The van der Waals surface area contributed by atoms with Gasteiger partial charge in [-0.05, 0) is 32.1 Å². The molecule has 0 radical (unpaired) electrons. The van der Waals surface area contributed by atoms with Crippen LogP contribution in [0.25, 0.3) is 0 Å². The van der Waals surface area contributed by atoms with E-state index in [1.54, 1.807) is 0 Å². The molecule has 1 saturated carbocycles. The Hall–Kier alpha value is -0.570. The predicted molar refractivity (Wildman–Crippen MR) is 80.8 cm³/mol. The van der Waals surface area contributed by atoms with Gasteiger partial charge in [-0.25, -0.2) is 0 Å². The van der Waals surface area contributed by atoms with E-state index in [4.69, 9.17) is 5.73 Å². The van der Waals surface area contributed by atoms with Gasteiger partial charge in [0.25, 0.3) is 0 Å². The van der Waals surface area contributed by atoms with E-state index in [2.05, 4.69) is 26.1 Å². The molecule has 4 atom stereocenters. The van der Waals surface area contributed by atoms with Crippen LogP contribution in [-0.4, -0.2) is 18.0 Å². The lowest BCUT2D eigenvalue weighted by Crippen LogP contribution is -2.46. The van der Waals surface area contributed by atoms with Crippen LogP contribution in [0.2, 0.25) is 0 Å². The van der Waals surface area contributed by atoms with E-state index in [1.165, 1.54) is 25.7 Å². The number of amides is 1. The van der Waals surface area contributed by atoms with Crippen LogP contribution in [0.3, 0.4) is 0 Å². The summed E-state index contributed by atoms with van der Waals surface area (Å²) in [4.78, 5) is 12.3. The summed E-state index contributed by atoms with van der Waals surface area (Å²) in [7, 11) is 0. The van der Waals surface area contributed by atoms with Gasteiger partial charge in [-0.1, -0.05) is 46.0 Å². The van der Waals surface area contributed by atoms with Crippen molar-refractivity contribution in [1.29, 1.82) is 0 Å². The van der Waals surface area contributed by atoms with Crippen molar-refractivity contribution in [3.63, 3.8) is 0 Å². The summed E-state index contributed by atoms with van der Waals surface area (Å²) in [6, 6.07) is 0.499. The molecule has 1 aliphatic rings. The molecule has 0 heterocycles. The number of hydrogen-bond acceptors (Lipinski definition) is 2. The highest BCUT2D eigenvalue weighted by molar-refractivity contribution is 5.79. The molecular formula is C16H32N2O. The third-order valence-corrected chi connectivity index (χ3v) is 4.58. The van der Waals surface area contributed by atoms with Crippen molar-refractivity contribution in [2.45, 2.75) is 84.2 Å². The Morgan fingerprint density at radius 2 is 2.05 bits per heavy atom. The van der Waals surface area contributed by atoms with Crippen molar-refractivity contribution in [1.82, 2.24) is 5.32 Å². The van der Waals surface area contributed by atoms with Gasteiger partial charge >= 0.3 is 0 Å². The average molecular weight is 268 g/mol. The van der Waals surface area contributed by atoms with E-state index >= 15 is 0 Å². The smallest absolute Gasteiger partial charge is 0.223 e. The molecule has 1 aliphatic carbocycles. The van der Waals surface area contributed by atoms with Crippen molar-refractivity contribution in [3.8, 4) is 0 Å². The third kappa shape index (κ3) is 5.52. The summed E-state index contributed by atoms with van der Waals surface area (Å²) >= 11 is 0. The van der Waals surface area contributed by atoms with Crippen molar-refractivity contribution in [2.24, 2.45) is 17.6 Å². The number of unbranched alkanes of at least 4 members (excludes halogenated alkanes) is 3. The fourth-order valence-corrected chi connectivity index (χ4v) is 3.07. The van der Waals surface area contributed by atoms with Gasteiger partial charge in [0.2, 0.25) is 5.91 Å². The SMILES string of the molecule is CCCCCCC(C)NC(=O)C1CCCC(N)C1C. The van der Waals surface area contributed by atoms with Crippen LogP contribution in [0, 0.1) is 11.8 Å². The molecule has 0 aromatic rings. The number of nitrogens with two attached hydrogens (primary N) is 1. The molecule has 1 amide bonds. The van der Waals surface area contributed by atoms with Crippen molar-refractivity contribution < 1.29 is 4.79 Å². The maximum Gasteiger partial charge on any atom is 0.223 e. The van der Waals surface area contributed by atoms with Gasteiger partial charge in [0.15, 0.2) is 0 Å². The molecule has 0 aromatic heterocycles. The van der Waals surface area contributed by atoms with Crippen LogP contribution in [0.1, 0.15) is 72.1 Å². The van der Waals surface area contributed by atoms with Crippen LogP contribution in [-0.2, 0) is 4.79 Å². The zero-order chi connectivity index (χ0) is 14.3. The lowest BCUT2D eigenvalue weighted by atomic mass is 9.77. The largest absolute Gasteiger partial charge is 0.353 e. The van der Waals surface area contributed by atoms with Crippen LogP contribution >= 0.6 is 0 Å². The van der Waals surface area contributed by atoms with E-state index < -0.39 is 0 Å². The number of carbonyl (C=O) groups is 1. The van der Waals surface area contributed by atoms with Crippen LogP contribution in [0.4, 0.5) is 0 Å². The second-order valence-electron chi connectivity index (χ2n) is 6.32. The van der Waals surface area contributed by atoms with Crippen LogP contribution < -0.4 is 11.1 Å². The van der Waals surface area contributed by atoms with Gasteiger partial charge in [0.1, 0.15) is 0 Å². The van der Waals surface area contributed by atoms with E-state index in [-0.39, 0.29) is 17.9 Å². The first-order chi connectivity index (χ1) is 9.06. The molecule has 1 rings (SSSR count). The van der Waals surface area contributed by atoms with Gasteiger partial charge in [-0.2, -0.15) is 0 Å². The first kappa shape index (κ1) is 16.5. The van der Waals surface area contributed by atoms with Crippen molar-refractivity contribution >= 4 is 5.91 Å². The van der Waals surface area contributed by atoms with E-state index in [9.17, 15) is 4.79 Å². The van der Waals surface area contributed by atoms with Gasteiger partial charge in [-0.15, -0.1) is 0 Å². The maximum atomic E-state index is 12.3. The minimum atomic E-state index is 0.127. The highest BCUT2D eigenvalue weighted by Crippen LogP contribution is 2.29. The Morgan fingerprint density at radius 3 is 2.74 bits per heavy atom. The number of rotatable bonds is 7. The van der Waals surface area contributed by atoms with Gasteiger partial charge in [0, 0.05) is 18.0 Å². The molecule has 0 bridgehead atoms. The highest BCUT2D eigenvalue weighted by Gasteiger charge is 2.32. The summed E-state index contributed by atoms with van der Waals surface area (Å²) in [6.45, 7) is 6.47. The monoisotopic (exact) mass is 268 g/mol. The molecule has 0 spiro atoms. The first-order valence-corrected chi connectivity index (χ1v) is 8.12. The predicted octanol–water partition coefficient (Wildman–Crippen LogP) is 3.23. The Morgan fingerprint density at radius 1 is 1.32 bits per heavy atom. The summed E-state index contributed by atoms with van der Waals surface area (Å²) < 4.78 is 0. The van der Waals surface area contributed by atoms with Crippen LogP contribution in [0.15, 0.2) is 0 Å². The van der Waals surface area contributed by atoms with Gasteiger partial charge < -0.3 is 11.1 Å². The zero-order valence-corrected chi connectivity index (χ0v) is 13.0. The first-order valence-electron chi connectivity index (χ1n) is 8.12. The molecule has 1 fully saturated rings. The molecule has 4 unspecified atom stereocenters. The molecule has 0 aliphatic heterocycles. The average Bonchev–Trinajstić information content (AvgIpc) is 2.38. The molecule has 0 saturated heterocycles. The second kappa shape index (κ2) is 8.57. The molecule has 3 nitrogen and oxygen atoms in total. The standard InChI is InChI=1S/C16H32N2O/c1-4-5-6-7-9-12(2)18-16(19)14-10-8-11-15(17)13(14)3/h12-15H,4-11,17H2,1-3H3,(H,18,19). The molecular weight excluding hydrogens is 236 g/mol. The fraction of sp³-hybridized carbons (Fsp3) is 0.938. The summed E-state index contributed by atoms with van der Waals surface area (Å²) in [6.07, 6.45) is 9.32. The molecule has 3 heteroatoms. The molecule has 112 valence electrons. The van der Waals surface area contributed by atoms with E-state index in [0.29, 0.717) is 12.0 Å².